The molecule has 0 bridgehead atoms. The molecule has 50 valence electrons. The van der Waals surface area contributed by atoms with Gasteiger partial charge in [0.25, 0.3) is 0 Å². The third-order valence-electron chi connectivity index (χ3n) is 0.500. The van der Waals surface area contributed by atoms with Crippen LogP contribution in [-0.4, -0.2) is 21.3 Å². The first-order valence-corrected chi connectivity index (χ1v) is 6.24. The van der Waals surface area contributed by atoms with Gasteiger partial charge >= 0.3 is 52.6 Å². The van der Waals surface area contributed by atoms with Crippen LogP contribution in [0.4, 0.5) is 0 Å². The summed E-state index contributed by atoms with van der Waals surface area (Å²) in [4.78, 5) is 0. The molecule has 0 N–H and O–H groups in total. The van der Waals surface area contributed by atoms with Crippen LogP contribution in [0.3, 0.4) is 0 Å². The van der Waals surface area contributed by atoms with Crippen molar-refractivity contribution in [2.75, 3.05) is 21.3 Å². The Labute approximate surface area is 65.1 Å². The standard InChI is InChI=1S/3CH3O.ClH.Hf/c3*1-2;;/h3*1H3;1H;/q3*-1;;+4/p-1. The first kappa shape index (κ1) is 11.8. The van der Waals surface area contributed by atoms with Crippen molar-refractivity contribution in [3.8, 4) is 0 Å². The second-order valence-electron chi connectivity index (χ2n) is 0.862. The van der Waals surface area contributed by atoms with E-state index in [1.54, 1.807) is 21.3 Å². The van der Waals surface area contributed by atoms with E-state index in [4.69, 9.17) is 8.56 Å². The van der Waals surface area contributed by atoms with Crippen LogP contribution < -0.4 is 12.4 Å². The van der Waals surface area contributed by atoms with Crippen molar-refractivity contribution >= 4 is 0 Å². The summed E-state index contributed by atoms with van der Waals surface area (Å²) in [6, 6.07) is 0. The molecule has 0 saturated heterocycles. The summed E-state index contributed by atoms with van der Waals surface area (Å²) in [5.41, 5.74) is 0. The molecule has 0 unspecified atom stereocenters. The largest absolute Gasteiger partial charge is 1.00 e. The van der Waals surface area contributed by atoms with Gasteiger partial charge in [0.15, 0.2) is 0 Å². The van der Waals surface area contributed by atoms with E-state index < -0.39 is 22.7 Å². The fraction of sp³-hybridized carbons (Fsp3) is 1.00. The Balaban J connectivity index is 0. The molecule has 0 aromatic rings. The van der Waals surface area contributed by atoms with Crippen LogP contribution in [0, 0.1) is 0 Å². The van der Waals surface area contributed by atoms with Gasteiger partial charge in [-0.1, -0.05) is 0 Å². The summed E-state index contributed by atoms with van der Waals surface area (Å²) in [7, 11) is 4.82. The maximum atomic E-state index is 4.82. The van der Waals surface area contributed by atoms with Crippen LogP contribution in [0.15, 0.2) is 0 Å². The molecule has 0 aromatic heterocycles. The zero-order chi connectivity index (χ0) is 5.70. The van der Waals surface area contributed by atoms with Crippen molar-refractivity contribution in [3.05, 3.63) is 0 Å². The van der Waals surface area contributed by atoms with Crippen LogP contribution in [0.2, 0.25) is 0 Å². The maximum Gasteiger partial charge on any atom is -1.00 e. The zero-order valence-electron chi connectivity index (χ0n) is 5.10. The van der Waals surface area contributed by atoms with Gasteiger partial charge in [0, 0.05) is 0 Å². The van der Waals surface area contributed by atoms with Gasteiger partial charge in [-0.05, 0) is 0 Å². The maximum absolute atomic E-state index is 4.82. The number of rotatable bonds is 3. The van der Waals surface area contributed by atoms with E-state index in [0.29, 0.717) is 0 Å². The van der Waals surface area contributed by atoms with Crippen molar-refractivity contribution in [2.45, 2.75) is 0 Å². The molecule has 0 saturated carbocycles. The second kappa shape index (κ2) is 8.04. The van der Waals surface area contributed by atoms with Crippen molar-refractivity contribution in [1.82, 2.24) is 0 Å². The molecule has 0 spiro atoms. The van der Waals surface area contributed by atoms with E-state index in [9.17, 15) is 0 Å². The van der Waals surface area contributed by atoms with E-state index >= 15 is 0 Å². The fourth-order valence-corrected chi connectivity index (χ4v) is 2.05. The van der Waals surface area contributed by atoms with Crippen molar-refractivity contribution < 1.29 is 43.7 Å². The molecule has 0 heterocycles. The van der Waals surface area contributed by atoms with Gasteiger partial charge in [0.1, 0.15) is 0 Å². The van der Waals surface area contributed by atoms with Crippen LogP contribution in [-0.2, 0) is 31.3 Å². The van der Waals surface area contributed by atoms with Gasteiger partial charge in [0.05, 0.1) is 0 Å². The fourth-order valence-electron chi connectivity index (χ4n) is 0.250. The summed E-state index contributed by atoms with van der Waals surface area (Å²) >= 11 is -2.29. The molecule has 0 amide bonds. The third kappa shape index (κ3) is 5.18. The van der Waals surface area contributed by atoms with E-state index in [2.05, 4.69) is 0 Å². The molecular weight excluding hydrogens is 298 g/mol. The first-order chi connectivity index (χ1) is 3.35. The van der Waals surface area contributed by atoms with Gasteiger partial charge in [0.2, 0.25) is 0 Å². The SMILES string of the molecule is C[O][Hf+]([O]C)[O]C.[Cl-]. The second-order valence-corrected chi connectivity index (χ2v) is 7.06. The average Bonchev–Trinajstić information content (AvgIpc) is 1.72. The number of hydrogen-bond acceptors (Lipinski definition) is 3. The average molecular weight is 307 g/mol. The predicted molar refractivity (Wildman–Crippen MR) is 21.0 cm³/mol. The molecule has 0 aliphatic rings. The monoisotopic (exact) mass is 308 g/mol. The smallest absolute Gasteiger partial charge is 1.00 e. The van der Waals surface area contributed by atoms with Gasteiger partial charge in [-0.15, -0.1) is 0 Å². The van der Waals surface area contributed by atoms with Gasteiger partial charge in [-0.2, -0.15) is 0 Å². The van der Waals surface area contributed by atoms with Gasteiger partial charge < -0.3 is 12.4 Å². The summed E-state index contributed by atoms with van der Waals surface area (Å²) in [6.45, 7) is 0. The van der Waals surface area contributed by atoms with Crippen molar-refractivity contribution in [3.63, 3.8) is 0 Å². The molecular formula is C3H9ClHfO3. The van der Waals surface area contributed by atoms with Crippen LogP contribution in [0.5, 0.6) is 0 Å². The number of hydrogen-bond donors (Lipinski definition) is 0. The Bertz CT molecular complexity index is 36.0. The molecule has 8 heavy (non-hydrogen) atoms. The minimum absolute atomic E-state index is 0. The molecule has 0 aliphatic heterocycles. The molecule has 3 nitrogen and oxygen atoms in total. The van der Waals surface area contributed by atoms with Crippen molar-refractivity contribution in [1.29, 1.82) is 0 Å². The minimum atomic E-state index is -2.29. The molecule has 0 radical (unpaired) electrons. The molecule has 0 aliphatic carbocycles. The van der Waals surface area contributed by atoms with E-state index in [-0.39, 0.29) is 12.4 Å². The normalized spacial score (nSPS) is 7.88. The van der Waals surface area contributed by atoms with Crippen molar-refractivity contribution in [2.24, 2.45) is 0 Å². The van der Waals surface area contributed by atoms with E-state index in [0.717, 1.165) is 0 Å². The molecule has 0 aromatic carbocycles. The topological polar surface area (TPSA) is 27.7 Å². The Hall–Kier alpha value is 1.04. The molecule has 0 fully saturated rings. The Kier molecular flexibility index (Phi) is 11.8. The van der Waals surface area contributed by atoms with Gasteiger partial charge in [-0.25, -0.2) is 0 Å². The number of halogens is 1. The summed E-state index contributed by atoms with van der Waals surface area (Å²) in [5.74, 6) is 0. The van der Waals surface area contributed by atoms with E-state index in [1.807, 2.05) is 0 Å². The van der Waals surface area contributed by atoms with Gasteiger partial charge in [-0.3, -0.25) is 0 Å². The predicted octanol–water partition coefficient (Wildman–Crippen LogP) is -2.71. The third-order valence-corrected chi connectivity index (χ3v) is 4.09. The van der Waals surface area contributed by atoms with Crippen LogP contribution in [0.1, 0.15) is 0 Å². The Morgan fingerprint density at radius 2 is 1.12 bits per heavy atom. The summed E-state index contributed by atoms with van der Waals surface area (Å²) in [5, 5.41) is 0. The molecule has 5 heteroatoms. The van der Waals surface area contributed by atoms with Crippen LogP contribution in [0.25, 0.3) is 0 Å². The minimum Gasteiger partial charge on any atom is -1.00 e. The Morgan fingerprint density at radius 1 is 0.875 bits per heavy atom. The Morgan fingerprint density at radius 3 is 1.12 bits per heavy atom. The van der Waals surface area contributed by atoms with Crippen LogP contribution >= 0.6 is 0 Å². The molecule has 0 rings (SSSR count). The summed E-state index contributed by atoms with van der Waals surface area (Å²) in [6.07, 6.45) is 0. The van der Waals surface area contributed by atoms with E-state index in [1.165, 1.54) is 0 Å². The quantitative estimate of drug-likeness (QED) is 0.531. The first-order valence-electron chi connectivity index (χ1n) is 1.84. The summed E-state index contributed by atoms with van der Waals surface area (Å²) < 4.78 is 14.5. The zero-order valence-corrected chi connectivity index (χ0v) is 9.45. The molecule has 0 atom stereocenters.